The molecule has 0 bridgehead atoms. The van der Waals surface area contributed by atoms with E-state index in [0.29, 0.717) is 12.1 Å². The molecule has 0 aliphatic heterocycles. The zero-order chi connectivity index (χ0) is 29.3. The second-order valence-electron chi connectivity index (χ2n) is 7.14. The Labute approximate surface area is 202 Å². The van der Waals surface area contributed by atoms with E-state index < -0.39 is 89.0 Å². The van der Waals surface area contributed by atoms with Crippen LogP contribution in [-0.2, 0) is 39.0 Å². The van der Waals surface area contributed by atoms with Gasteiger partial charge in [-0.2, -0.15) is 52.7 Å². The van der Waals surface area contributed by atoms with Crippen molar-refractivity contribution >= 4 is 17.7 Å². The summed E-state index contributed by atoms with van der Waals surface area (Å²) in [5, 5.41) is 0. The highest BCUT2D eigenvalue weighted by molar-refractivity contribution is 5.97. The molecule has 208 valence electrons. The summed E-state index contributed by atoms with van der Waals surface area (Å²) in [4.78, 5) is 35.8. The van der Waals surface area contributed by atoms with Crippen molar-refractivity contribution in [2.75, 3.05) is 13.2 Å². The Balaban J connectivity index is 2.23. The third-order valence-corrected chi connectivity index (χ3v) is 4.49. The highest BCUT2D eigenvalue weighted by atomic mass is 19.4. The van der Waals surface area contributed by atoms with Crippen LogP contribution in [0.15, 0.2) is 36.4 Å². The standard InChI is InChI=1S/C21H10F12O5/c22-18(23,24)10-3-1-4-11(19(25,26)27)14(10)16(35)37-7-9(34)8-38-17(36)15-12(20(28,29)30)5-2-6-13(15)21(31,32)33/h1-6H,7-8H2. The molecular weight excluding hydrogens is 560 g/mol. The molecule has 2 aromatic carbocycles. The van der Waals surface area contributed by atoms with Crippen LogP contribution in [0.1, 0.15) is 43.0 Å². The minimum absolute atomic E-state index is 0.117. The first-order valence-corrected chi connectivity index (χ1v) is 9.56. The van der Waals surface area contributed by atoms with Gasteiger partial charge >= 0.3 is 36.6 Å². The van der Waals surface area contributed by atoms with Gasteiger partial charge in [0.05, 0.1) is 33.4 Å². The summed E-state index contributed by atoms with van der Waals surface area (Å²) in [6.45, 7) is -3.30. The van der Waals surface area contributed by atoms with E-state index in [0.717, 1.165) is 0 Å². The fourth-order valence-corrected chi connectivity index (χ4v) is 2.97. The smallest absolute Gasteiger partial charge is 0.417 e. The molecule has 0 saturated heterocycles. The maximum Gasteiger partial charge on any atom is 0.417 e. The molecule has 0 aliphatic carbocycles. The lowest BCUT2D eigenvalue weighted by molar-refractivity contribution is -0.145. The van der Waals surface area contributed by atoms with Crippen molar-refractivity contribution in [1.29, 1.82) is 0 Å². The van der Waals surface area contributed by atoms with E-state index in [1.165, 1.54) is 0 Å². The van der Waals surface area contributed by atoms with Crippen molar-refractivity contribution in [3.8, 4) is 0 Å². The summed E-state index contributed by atoms with van der Waals surface area (Å²) < 4.78 is 166. The minimum Gasteiger partial charge on any atom is -0.454 e. The van der Waals surface area contributed by atoms with Gasteiger partial charge in [-0.3, -0.25) is 4.79 Å². The maximum atomic E-state index is 13.1. The Morgan fingerprint density at radius 3 is 0.947 bits per heavy atom. The van der Waals surface area contributed by atoms with Gasteiger partial charge < -0.3 is 9.47 Å². The SMILES string of the molecule is O=C(COC(=O)c1c(C(F)(F)F)cccc1C(F)(F)F)COC(=O)c1c(C(F)(F)F)cccc1C(F)(F)F. The number of carbonyl (C=O) groups is 3. The molecule has 0 radical (unpaired) electrons. The van der Waals surface area contributed by atoms with Crippen LogP contribution in [0.5, 0.6) is 0 Å². The summed E-state index contributed by atoms with van der Waals surface area (Å²) in [5.74, 6) is -6.18. The van der Waals surface area contributed by atoms with Crippen LogP contribution in [0.2, 0.25) is 0 Å². The van der Waals surface area contributed by atoms with Crippen LogP contribution in [-0.4, -0.2) is 30.9 Å². The Kier molecular flexibility index (Phi) is 8.43. The second-order valence-corrected chi connectivity index (χ2v) is 7.14. The molecule has 0 unspecified atom stereocenters. The summed E-state index contributed by atoms with van der Waals surface area (Å²) in [5.41, 5.74) is -12.3. The Morgan fingerprint density at radius 1 is 0.500 bits per heavy atom. The predicted molar refractivity (Wildman–Crippen MR) is 98.5 cm³/mol. The number of ketones is 1. The molecule has 17 heteroatoms. The van der Waals surface area contributed by atoms with E-state index in [2.05, 4.69) is 9.47 Å². The van der Waals surface area contributed by atoms with Gasteiger partial charge in [0.25, 0.3) is 0 Å². The summed E-state index contributed by atoms with van der Waals surface area (Å²) in [6, 6.07) is 1.16. The van der Waals surface area contributed by atoms with Gasteiger partial charge in [-0.25, -0.2) is 9.59 Å². The van der Waals surface area contributed by atoms with Crippen LogP contribution >= 0.6 is 0 Å². The van der Waals surface area contributed by atoms with Gasteiger partial charge in [-0.15, -0.1) is 0 Å². The van der Waals surface area contributed by atoms with Crippen molar-refractivity contribution < 1.29 is 76.5 Å². The van der Waals surface area contributed by atoms with Crippen molar-refractivity contribution in [2.24, 2.45) is 0 Å². The van der Waals surface area contributed by atoms with Crippen LogP contribution in [0.25, 0.3) is 0 Å². The van der Waals surface area contributed by atoms with Gasteiger partial charge in [0, 0.05) is 0 Å². The molecule has 0 aromatic heterocycles. The predicted octanol–water partition coefficient (Wildman–Crippen LogP) is 6.34. The number of esters is 2. The van der Waals surface area contributed by atoms with E-state index in [1.807, 2.05) is 0 Å². The third kappa shape index (κ3) is 7.16. The lowest BCUT2D eigenvalue weighted by atomic mass is 10.00. The number of benzene rings is 2. The normalized spacial score (nSPS) is 12.7. The molecule has 38 heavy (non-hydrogen) atoms. The van der Waals surface area contributed by atoms with Crippen LogP contribution in [0.3, 0.4) is 0 Å². The first-order chi connectivity index (χ1) is 17.2. The van der Waals surface area contributed by atoms with E-state index >= 15 is 0 Å². The number of hydrogen-bond acceptors (Lipinski definition) is 5. The molecule has 2 rings (SSSR count). The van der Waals surface area contributed by atoms with Crippen LogP contribution < -0.4 is 0 Å². The van der Waals surface area contributed by atoms with E-state index in [1.54, 1.807) is 0 Å². The number of ether oxygens (including phenoxy) is 2. The lowest BCUT2D eigenvalue weighted by Crippen LogP contribution is -2.26. The third-order valence-electron chi connectivity index (χ3n) is 4.49. The van der Waals surface area contributed by atoms with Crippen LogP contribution in [0.4, 0.5) is 52.7 Å². The summed E-state index contributed by atoms with van der Waals surface area (Å²) >= 11 is 0. The molecular formula is C21H10F12O5. The van der Waals surface area contributed by atoms with E-state index in [9.17, 15) is 67.1 Å². The number of halogens is 12. The minimum atomic E-state index is -5.47. The Bertz CT molecular complexity index is 1070. The Morgan fingerprint density at radius 2 is 0.737 bits per heavy atom. The lowest BCUT2D eigenvalue weighted by Gasteiger charge is -2.18. The monoisotopic (exact) mass is 570 g/mol. The molecule has 0 heterocycles. The summed E-state index contributed by atoms with van der Waals surface area (Å²) in [6.07, 6.45) is -21.9. The summed E-state index contributed by atoms with van der Waals surface area (Å²) in [7, 11) is 0. The maximum absolute atomic E-state index is 13.1. The highest BCUT2D eigenvalue weighted by Gasteiger charge is 2.45. The van der Waals surface area contributed by atoms with E-state index in [4.69, 9.17) is 0 Å². The molecule has 0 N–H and O–H groups in total. The average Bonchev–Trinajstić information content (AvgIpc) is 2.77. The first-order valence-electron chi connectivity index (χ1n) is 9.56. The molecule has 5 nitrogen and oxygen atoms in total. The van der Waals surface area contributed by atoms with E-state index in [-0.39, 0.29) is 24.3 Å². The van der Waals surface area contributed by atoms with Gasteiger partial charge in [0.1, 0.15) is 0 Å². The topological polar surface area (TPSA) is 69.7 Å². The number of alkyl halides is 12. The van der Waals surface area contributed by atoms with Gasteiger partial charge in [-0.05, 0) is 24.3 Å². The van der Waals surface area contributed by atoms with Crippen LogP contribution in [0, 0.1) is 0 Å². The van der Waals surface area contributed by atoms with Crippen molar-refractivity contribution in [3.63, 3.8) is 0 Å². The molecule has 0 fully saturated rings. The van der Waals surface area contributed by atoms with Crippen molar-refractivity contribution in [1.82, 2.24) is 0 Å². The number of Topliss-reactive ketones (excluding diaryl/α,β-unsaturated/α-hetero) is 1. The Hall–Kier alpha value is -3.79. The fourth-order valence-electron chi connectivity index (χ4n) is 2.97. The van der Waals surface area contributed by atoms with Gasteiger partial charge in [-0.1, -0.05) is 12.1 Å². The number of hydrogen-bond donors (Lipinski definition) is 0. The average molecular weight is 570 g/mol. The quantitative estimate of drug-likeness (QED) is 0.300. The zero-order valence-corrected chi connectivity index (χ0v) is 18.0. The van der Waals surface area contributed by atoms with Crippen molar-refractivity contribution in [3.05, 3.63) is 69.8 Å². The molecule has 0 aliphatic rings. The number of rotatable bonds is 6. The molecule has 0 atom stereocenters. The number of carbonyl (C=O) groups excluding carboxylic acids is 3. The largest absolute Gasteiger partial charge is 0.454 e. The molecule has 0 amide bonds. The van der Waals surface area contributed by atoms with Gasteiger partial charge in [0.2, 0.25) is 5.78 Å². The second kappa shape index (κ2) is 10.5. The fraction of sp³-hybridized carbons (Fsp3) is 0.286. The molecule has 0 saturated carbocycles. The van der Waals surface area contributed by atoms with Gasteiger partial charge in [0.15, 0.2) is 13.2 Å². The molecule has 0 spiro atoms. The molecule has 2 aromatic rings. The zero-order valence-electron chi connectivity index (χ0n) is 18.0. The highest BCUT2D eigenvalue weighted by Crippen LogP contribution is 2.41. The van der Waals surface area contributed by atoms with Crippen molar-refractivity contribution in [2.45, 2.75) is 24.7 Å². The first kappa shape index (κ1) is 30.4.